The van der Waals surface area contributed by atoms with Crippen LogP contribution in [-0.4, -0.2) is 22.1 Å². The highest BCUT2D eigenvalue weighted by atomic mass is 16.2. The molecule has 118 valence electrons. The van der Waals surface area contributed by atoms with E-state index in [4.69, 9.17) is 4.98 Å². The van der Waals surface area contributed by atoms with Crippen molar-refractivity contribution in [3.8, 4) is 0 Å². The second-order valence-corrected chi connectivity index (χ2v) is 5.37. The van der Waals surface area contributed by atoms with E-state index in [0.717, 1.165) is 22.4 Å². The third-order valence-corrected chi connectivity index (χ3v) is 3.83. The number of benzene rings is 2. The Morgan fingerprint density at radius 2 is 1.83 bits per heavy atom. The first-order chi connectivity index (χ1) is 11.2. The highest BCUT2D eigenvalue weighted by Crippen LogP contribution is 2.24. The number of nitrogens with one attached hydrogen (secondary N) is 2. The minimum absolute atomic E-state index is 0.201. The van der Waals surface area contributed by atoms with E-state index in [1.807, 2.05) is 73.1 Å². The van der Waals surface area contributed by atoms with Gasteiger partial charge in [0.1, 0.15) is 11.9 Å². The summed E-state index contributed by atoms with van der Waals surface area (Å²) in [6, 6.07) is 17.3. The summed E-state index contributed by atoms with van der Waals surface area (Å²) in [4.78, 5) is 16.8. The zero-order chi connectivity index (χ0) is 16.2. The standard InChI is InChI=1S/C18H20N4O/c1-3-19-18(23)21-16(13-9-5-4-6-10-13)17-20-14-11-7-8-12-15(14)22(17)2/h4-12,16H,3H2,1-2H3,(H2,19,21,23)/t16-/m0/s1. The molecule has 2 N–H and O–H groups in total. The van der Waals surface area contributed by atoms with Gasteiger partial charge in [-0.1, -0.05) is 42.5 Å². The molecule has 0 bridgehead atoms. The van der Waals surface area contributed by atoms with Crippen LogP contribution in [0.5, 0.6) is 0 Å². The Morgan fingerprint density at radius 3 is 2.52 bits per heavy atom. The van der Waals surface area contributed by atoms with E-state index in [-0.39, 0.29) is 12.1 Å². The average Bonchev–Trinajstić information content (AvgIpc) is 2.91. The van der Waals surface area contributed by atoms with Gasteiger partial charge in [-0.2, -0.15) is 0 Å². The zero-order valence-corrected chi connectivity index (χ0v) is 13.3. The molecule has 3 aromatic rings. The van der Waals surface area contributed by atoms with Crippen LogP contribution < -0.4 is 10.6 Å². The molecule has 5 nitrogen and oxygen atoms in total. The number of hydrogen-bond acceptors (Lipinski definition) is 2. The maximum Gasteiger partial charge on any atom is 0.315 e. The largest absolute Gasteiger partial charge is 0.338 e. The smallest absolute Gasteiger partial charge is 0.315 e. The quantitative estimate of drug-likeness (QED) is 0.778. The second kappa shape index (κ2) is 6.52. The van der Waals surface area contributed by atoms with E-state index in [1.54, 1.807) is 0 Å². The first-order valence-corrected chi connectivity index (χ1v) is 7.71. The van der Waals surface area contributed by atoms with Crippen LogP contribution in [-0.2, 0) is 7.05 Å². The van der Waals surface area contributed by atoms with Gasteiger partial charge in [-0.05, 0) is 24.6 Å². The molecule has 2 amide bonds. The average molecular weight is 308 g/mol. The maximum atomic E-state index is 12.1. The summed E-state index contributed by atoms with van der Waals surface area (Å²) in [5, 5.41) is 5.80. The second-order valence-electron chi connectivity index (χ2n) is 5.37. The van der Waals surface area contributed by atoms with Crippen LogP contribution in [0.1, 0.15) is 24.4 Å². The Labute approximate surface area is 135 Å². The monoisotopic (exact) mass is 308 g/mol. The van der Waals surface area contributed by atoms with Gasteiger partial charge in [0.2, 0.25) is 0 Å². The molecule has 0 fully saturated rings. The van der Waals surface area contributed by atoms with Gasteiger partial charge in [0.05, 0.1) is 11.0 Å². The fraction of sp³-hybridized carbons (Fsp3) is 0.222. The molecule has 2 aromatic carbocycles. The lowest BCUT2D eigenvalue weighted by Crippen LogP contribution is -2.39. The minimum Gasteiger partial charge on any atom is -0.338 e. The van der Waals surface area contributed by atoms with Crippen molar-refractivity contribution in [2.45, 2.75) is 13.0 Å². The zero-order valence-electron chi connectivity index (χ0n) is 13.3. The lowest BCUT2D eigenvalue weighted by molar-refractivity contribution is 0.238. The fourth-order valence-electron chi connectivity index (χ4n) is 2.71. The molecular weight excluding hydrogens is 288 g/mol. The number of urea groups is 1. The lowest BCUT2D eigenvalue weighted by Gasteiger charge is -2.19. The van der Waals surface area contributed by atoms with E-state index in [9.17, 15) is 4.79 Å². The number of amides is 2. The maximum absolute atomic E-state index is 12.1. The van der Waals surface area contributed by atoms with Gasteiger partial charge in [0.15, 0.2) is 0 Å². The van der Waals surface area contributed by atoms with E-state index in [1.165, 1.54) is 0 Å². The van der Waals surface area contributed by atoms with Crippen molar-refractivity contribution in [1.29, 1.82) is 0 Å². The van der Waals surface area contributed by atoms with Gasteiger partial charge in [-0.15, -0.1) is 0 Å². The van der Waals surface area contributed by atoms with Crippen molar-refractivity contribution in [1.82, 2.24) is 20.2 Å². The number of hydrogen-bond donors (Lipinski definition) is 2. The number of imidazole rings is 1. The van der Waals surface area contributed by atoms with Gasteiger partial charge in [-0.25, -0.2) is 9.78 Å². The molecule has 0 aliphatic heterocycles. The minimum atomic E-state index is -0.305. The SMILES string of the molecule is CCNC(=O)N[C@@H](c1ccccc1)c1nc2ccccc2n1C. The summed E-state index contributed by atoms with van der Waals surface area (Å²) < 4.78 is 2.03. The summed E-state index contributed by atoms with van der Waals surface area (Å²) in [6.07, 6.45) is 0. The summed E-state index contributed by atoms with van der Waals surface area (Å²) in [5.41, 5.74) is 2.96. The van der Waals surface area contributed by atoms with E-state index in [2.05, 4.69) is 10.6 Å². The van der Waals surface area contributed by atoms with Crippen molar-refractivity contribution < 1.29 is 4.79 Å². The van der Waals surface area contributed by atoms with Crippen LogP contribution in [0.15, 0.2) is 54.6 Å². The number of carbonyl (C=O) groups is 1. The Bertz CT molecular complexity index is 810. The molecule has 23 heavy (non-hydrogen) atoms. The number of rotatable bonds is 4. The Kier molecular flexibility index (Phi) is 4.28. The number of aryl methyl sites for hydroxylation is 1. The van der Waals surface area contributed by atoms with E-state index in [0.29, 0.717) is 6.54 Å². The van der Waals surface area contributed by atoms with Crippen LogP contribution in [0.2, 0.25) is 0 Å². The predicted octanol–water partition coefficient (Wildman–Crippen LogP) is 2.98. The Hall–Kier alpha value is -2.82. The van der Waals surface area contributed by atoms with E-state index < -0.39 is 0 Å². The van der Waals surface area contributed by atoms with Gasteiger partial charge in [0.25, 0.3) is 0 Å². The first-order valence-electron chi connectivity index (χ1n) is 7.71. The molecular formula is C18H20N4O. The van der Waals surface area contributed by atoms with Crippen LogP contribution in [0.25, 0.3) is 11.0 Å². The number of fused-ring (bicyclic) bond motifs is 1. The van der Waals surface area contributed by atoms with Gasteiger partial charge in [0, 0.05) is 13.6 Å². The molecule has 0 spiro atoms. The van der Waals surface area contributed by atoms with Gasteiger partial charge in [-0.3, -0.25) is 0 Å². The van der Waals surface area contributed by atoms with Crippen molar-refractivity contribution in [2.24, 2.45) is 7.05 Å². The molecule has 1 atom stereocenters. The topological polar surface area (TPSA) is 59.0 Å². The molecule has 0 saturated carbocycles. The van der Waals surface area contributed by atoms with Crippen LogP contribution in [0.4, 0.5) is 4.79 Å². The third kappa shape index (κ3) is 3.04. The van der Waals surface area contributed by atoms with Crippen molar-refractivity contribution in [3.63, 3.8) is 0 Å². The third-order valence-electron chi connectivity index (χ3n) is 3.83. The summed E-state index contributed by atoms with van der Waals surface area (Å²) in [6.45, 7) is 2.47. The first kappa shape index (κ1) is 15.1. The highest BCUT2D eigenvalue weighted by Gasteiger charge is 2.22. The summed E-state index contributed by atoms with van der Waals surface area (Å²) >= 11 is 0. The lowest BCUT2D eigenvalue weighted by atomic mass is 10.1. The highest BCUT2D eigenvalue weighted by molar-refractivity contribution is 5.77. The Morgan fingerprint density at radius 1 is 1.13 bits per heavy atom. The molecule has 5 heteroatoms. The molecule has 1 aromatic heterocycles. The number of nitrogens with zero attached hydrogens (tertiary/aromatic N) is 2. The van der Waals surface area contributed by atoms with Gasteiger partial charge >= 0.3 is 6.03 Å². The normalized spacial score (nSPS) is 12.1. The number of aromatic nitrogens is 2. The van der Waals surface area contributed by atoms with Crippen LogP contribution in [0.3, 0.4) is 0 Å². The molecule has 0 aliphatic carbocycles. The van der Waals surface area contributed by atoms with Crippen molar-refractivity contribution in [2.75, 3.05) is 6.54 Å². The predicted molar refractivity (Wildman–Crippen MR) is 91.2 cm³/mol. The summed E-state index contributed by atoms with van der Waals surface area (Å²) in [7, 11) is 1.97. The molecule has 0 saturated heterocycles. The summed E-state index contributed by atoms with van der Waals surface area (Å²) in [5.74, 6) is 0.809. The molecule has 3 rings (SSSR count). The Balaban J connectivity index is 2.06. The van der Waals surface area contributed by atoms with Crippen molar-refractivity contribution >= 4 is 17.1 Å². The van der Waals surface area contributed by atoms with Crippen molar-refractivity contribution in [3.05, 3.63) is 66.0 Å². The van der Waals surface area contributed by atoms with Gasteiger partial charge < -0.3 is 15.2 Å². The number of carbonyl (C=O) groups excluding carboxylic acids is 1. The van der Waals surface area contributed by atoms with Crippen LogP contribution >= 0.6 is 0 Å². The van der Waals surface area contributed by atoms with E-state index >= 15 is 0 Å². The van der Waals surface area contributed by atoms with Crippen LogP contribution in [0, 0.1) is 0 Å². The molecule has 1 heterocycles. The molecule has 0 radical (unpaired) electrons. The fourth-order valence-corrected chi connectivity index (χ4v) is 2.71. The molecule has 0 unspecified atom stereocenters. The molecule has 0 aliphatic rings. The number of para-hydroxylation sites is 2.